The van der Waals surface area contributed by atoms with Crippen LogP contribution in [0.25, 0.3) is 10.3 Å². The van der Waals surface area contributed by atoms with Crippen molar-refractivity contribution in [2.75, 3.05) is 23.4 Å². The van der Waals surface area contributed by atoms with Gasteiger partial charge >= 0.3 is 0 Å². The smallest absolute Gasteiger partial charge is 0.185 e. The van der Waals surface area contributed by atoms with Gasteiger partial charge in [0.2, 0.25) is 0 Å². The summed E-state index contributed by atoms with van der Waals surface area (Å²) in [7, 11) is -0.921. The molecule has 0 aromatic carbocycles. The van der Waals surface area contributed by atoms with Crippen LogP contribution in [0.2, 0.25) is 0 Å². The maximum absolute atomic E-state index is 11.4. The summed E-state index contributed by atoms with van der Waals surface area (Å²) in [5.41, 5.74) is 1.86. The normalized spacial score (nSPS) is 22.1. The number of nitrogens with zero attached hydrogens (tertiary/aromatic N) is 3. The summed E-state index contributed by atoms with van der Waals surface area (Å²) in [6, 6.07) is 0. The van der Waals surface area contributed by atoms with E-state index in [9.17, 15) is 8.42 Å². The van der Waals surface area contributed by atoms with Gasteiger partial charge in [-0.1, -0.05) is 11.3 Å². The molecular formula is C11H16N4O2S2. The SMILES string of the molecule is Cc1nn(C)c2nc(NC[C@@H]3CCS(=O)(=O)C3)sc12. The van der Waals surface area contributed by atoms with Gasteiger partial charge in [0.05, 0.1) is 21.9 Å². The molecule has 8 heteroatoms. The number of fused-ring (bicyclic) bond motifs is 1. The number of aromatic nitrogens is 3. The highest BCUT2D eigenvalue weighted by Crippen LogP contribution is 2.28. The molecule has 0 bridgehead atoms. The molecule has 0 spiro atoms. The Kier molecular flexibility index (Phi) is 3.01. The van der Waals surface area contributed by atoms with Gasteiger partial charge in [0.15, 0.2) is 20.6 Å². The Balaban J connectivity index is 1.71. The highest BCUT2D eigenvalue weighted by molar-refractivity contribution is 7.91. The number of rotatable bonds is 3. The van der Waals surface area contributed by atoms with E-state index in [0.717, 1.165) is 27.6 Å². The minimum atomic E-state index is -2.80. The predicted octanol–water partition coefficient (Wildman–Crippen LogP) is 1.18. The van der Waals surface area contributed by atoms with E-state index in [0.29, 0.717) is 18.1 Å². The summed E-state index contributed by atoms with van der Waals surface area (Å²) in [6.45, 7) is 2.64. The number of nitrogens with one attached hydrogen (secondary N) is 1. The van der Waals surface area contributed by atoms with E-state index in [1.807, 2.05) is 14.0 Å². The van der Waals surface area contributed by atoms with Crippen LogP contribution in [-0.4, -0.2) is 41.2 Å². The van der Waals surface area contributed by atoms with Crippen LogP contribution in [0.4, 0.5) is 5.13 Å². The Hall–Kier alpha value is -1.15. The number of thiazole rings is 1. The van der Waals surface area contributed by atoms with Gasteiger partial charge in [-0.3, -0.25) is 0 Å². The topological polar surface area (TPSA) is 76.9 Å². The zero-order valence-electron chi connectivity index (χ0n) is 10.9. The molecule has 6 nitrogen and oxygen atoms in total. The highest BCUT2D eigenvalue weighted by atomic mass is 32.2. The first-order valence-electron chi connectivity index (χ1n) is 6.19. The molecule has 0 radical (unpaired) electrons. The first-order chi connectivity index (χ1) is 8.94. The van der Waals surface area contributed by atoms with E-state index in [-0.39, 0.29) is 5.92 Å². The molecule has 0 saturated carbocycles. The van der Waals surface area contributed by atoms with Crippen molar-refractivity contribution in [1.82, 2.24) is 14.8 Å². The van der Waals surface area contributed by atoms with Crippen molar-refractivity contribution in [2.45, 2.75) is 13.3 Å². The second-order valence-corrected chi connectivity index (χ2v) is 8.26. The number of aryl methyl sites for hydroxylation is 2. The van der Waals surface area contributed by atoms with Crippen LogP contribution in [0.3, 0.4) is 0 Å². The molecule has 19 heavy (non-hydrogen) atoms. The van der Waals surface area contributed by atoms with Gasteiger partial charge in [-0.05, 0) is 19.3 Å². The van der Waals surface area contributed by atoms with E-state index in [2.05, 4.69) is 15.4 Å². The number of anilines is 1. The minimum absolute atomic E-state index is 0.205. The lowest BCUT2D eigenvalue weighted by atomic mass is 10.1. The largest absolute Gasteiger partial charge is 0.361 e. The van der Waals surface area contributed by atoms with Gasteiger partial charge in [-0.2, -0.15) is 5.10 Å². The zero-order valence-corrected chi connectivity index (χ0v) is 12.5. The fourth-order valence-electron chi connectivity index (χ4n) is 2.43. The van der Waals surface area contributed by atoms with Crippen molar-refractivity contribution in [3.05, 3.63) is 5.69 Å². The molecule has 1 saturated heterocycles. The summed E-state index contributed by atoms with van der Waals surface area (Å²) in [5.74, 6) is 0.824. The average Bonchev–Trinajstić information content (AvgIpc) is 2.95. The molecule has 1 aliphatic rings. The Labute approximate surface area is 115 Å². The van der Waals surface area contributed by atoms with Gasteiger partial charge in [0, 0.05) is 13.6 Å². The average molecular weight is 300 g/mol. The van der Waals surface area contributed by atoms with Crippen LogP contribution >= 0.6 is 11.3 Å². The van der Waals surface area contributed by atoms with Crippen molar-refractivity contribution < 1.29 is 8.42 Å². The van der Waals surface area contributed by atoms with Crippen LogP contribution in [0.15, 0.2) is 0 Å². The van der Waals surface area contributed by atoms with Crippen molar-refractivity contribution in [3.63, 3.8) is 0 Å². The molecule has 0 amide bonds. The van der Waals surface area contributed by atoms with Crippen LogP contribution < -0.4 is 5.32 Å². The summed E-state index contributed by atoms with van der Waals surface area (Å²) in [4.78, 5) is 4.49. The molecule has 0 unspecified atom stereocenters. The molecule has 1 atom stereocenters. The fourth-order valence-corrected chi connectivity index (χ4v) is 5.23. The van der Waals surface area contributed by atoms with E-state index in [4.69, 9.17) is 0 Å². The molecule has 1 N–H and O–H groups in total. The van der Waals surface area contributed by atoms with Crippen LogP contribution in [0.5, 0.6) is 0 Å². The lowest BCUT2D eigenvalue weighted by Gasteiger charge is -2.07. The Morgan fingerprint density at radius 2 is 2.32 bits per heavy atom. The van der Waals surface area contributed by atoms with E-state index in [1.54, 1.807) is 16.0 Å². The maximum Gasteiger partial charge on any atom is 0.185 e. The quantitative estimate of drug-likeness (QED) is 0.921. The van der Waals surface area contributed by atoms with Crippen LogP contribution in [-0.2, 0) is 16.9 Å². The fraction of sp³-hybridized carbons (Fsp3) is 0.636. The standard InChI is InChI=1S/C11H16N4O2S2/c1-7-9-10(15(2)14-7)13-11(18-9)12-5-8-3-4-19(16,17)6-8/h8H,3-6H2,1-2H3,(H,12,13)/t8-/m0/s1. The summed E-state index contributed by atoms with van der Waals surface area (Å²) < 4.78 is 25.6. The van der Waals surface area contributed by atoms with Gasteiger partial charge in [0.25, 0.3) is 0 Å². The van der Waals surface area contributed by atoms with Gasteiger partial charge in [-0.25, -0.2) is 18.1 Å². The van der Waals surface area contributed by atoms with Gasteiger partial charge in [-0.15, -0.1) is 0 Å². The zero-order chi connectivity index (χ0) is 13.6. The van der Waals surface area contributed by atoms with E-state index < -0.39 is 9.84 Å². The van der Waals surface area contributed by atoms with Crippen molar-refractivity contribution >= 4 is 36.7 Å². The Morgan fingerprint density at radius 3 is 2.95 bits per heavy atom. The second kappa shape index (κ2) is 4.45. The van der Waals surface area contributed by atoms with Gasteiger partial charge < -0.3 is 5.32 Å². The molecule has 104 valence electrons. The second-order valence-electron chi connectivity index (χ2n) is 5.03. The predicted molar refractivity (Wildman–Crippen MR) is 76.4 cm³/mol. The molecule has 2 aromatic heterocycles. The molecular weight excluding hydrogens is 284 g/mol. The van der Waals surface area contributed by atoms with Crippen molar-refractivity contribution in [3.8, 4) is 0 Å². The number of sulfone groups is 1. The molecule has 3 rings (SSSR count). The third kappa shape index (κ3) is 2.46. The number of hydrogen-bond acceptors (Lipinski definition) is 6. The number of hydrogen-bond donors (Lipinski definition) is 1. The lowest BCUT2D eigenvalue weighted by molar-refractivity contribution is 0.596. The van der Waals surface area contributed by atoms with E-state index >= 15 is 0 Å². The van der Waals surface area contributed by atoms with Crippen molar-refractivity contribution in [2.24, 2.45) is 13.0 Å². The Bertz CT molecular complexity index is 682. The lowest BCUT2D eigenvalue weighted by Crippen LogP contribution is -2.15. The van der Waals surface area contributed by atoms with Crippen LogP contribution in [0.1, 0.15) is 12.1 Å². The third-order valence-corrected chi connectivity index (χ3v) is 6.36. The summed E-state index contributed by atoms with van der Waals surface area (Å²) >= 11 is 1.57. The summed E-state index contributed by atoms with van der Waals surface area (Å²) in [6.07, 6.45) is 0.751. The highest BCUT2D eigenvalue weighted by Gasteiger charge is 2.27. The molecule has 1 aliphatic heterocycles. The van der Waals surface area contributed by atoms with Gasteiger partial charge in [0.1, 0.15) is 0 Å². The maximum atomic E-state index is 11.4. The molecule has 0 aliphatic carbocycles. The molecule has 3 heterocycles. The monoisotopic (exact) mass is 300 g/mol. The van der Waals surface area contributed by atoms with Crippen LogP contribution in [0, 0.1) is 12.8 Å². The summed E-state index contributed by atoms with van der Waals surface area (Å²) in [5, 5.41) is 8.40. The Morgan fingerprint density at radius 1 is 1.53 bits per heavy atom. The molecule has 2 aromatic rings. The van der Waals surface area contributed by atoms with Crippen molar-refractivity contribution in [1.29, 1.82) is 0 Å². The molecule has 1 fully saturated rings. The minimum Gasteiger partial charge on any atom is -0.361 e. The first-order valence-corrected chi connectivity index (χ1v) is 8.83. The van der Waals surface area contributed by atoms with E-state index in [1.165, 1.54) is 0 Å². The third-order valence-electron chi connectivity index (χ3n) is 3.41. The first kappa shape index (κ1) is 12.9.